The van der Waals surface area contributed by atoms with Crippen LogP contribution in [0.25, 0.3) is 0 Å². The number of carbonyl (C=O) groups is 1. The van der Waals surface area contributed by atoms with E-state index in [9.17, 15) is 19.4 Å². The molecule has 0 saturated carbocycles. The first-order chi connectivity index (χ1) is 10.4. The van der Waals surface area contributed by atoms with Gasteiger partial charge >= 0.3 is 0 Å². The number of hydrogen-bond acceptors (Lipinski definition) is 3. The number of aryl methyl sites for hydroxylation is 1. The van der Waals surface area contributed by atoms with Gasteiger partial charge in [-0.1, -0.05) is 17.7 Å². The number of benzene rings is 2. The minimum Gasteiger partial charge on any atom is -0.508 e. The number of aromatic hydroxyl groups is 1. The summed E-state index contributed by atoms with van der Waals surface area (Å²) in [6.45, 7) is 1.66. The van der Waals surface area contributed by atoms with Crippen LogP contribution in [0.2, 0.25) is 5.02 Å². The van der Waals surface area contributed by atoms with Crippen LogP contribution in [0.1, 0.15) is 27.6 Å². The van der Waals surface area contributed by atoms with Crippen LogP contribution in [0.3, 0.4) is 0 Å². The number of hydrogen-bond donors (Lipinski definition) is 3. The van der Waals surface area contributed by atoms with Crippen molar-refractivity contribution in [2.75, 3.05) is 6.54 Å². The molecule has 0 fully saturated rings. The van der Waals surface area contributed by atoms with Crippen LogP contribution in [0.15, 0.2) is 36.4 Å². The number of aliphatic hydroxyl groups is 1. The normalized spacial score (nSPS) is 12.0. The molecule has 2 rings (SSSR count). The summed E-state index contributed by atoms with van der Waals surface area (Å²) in [6, 6.07) is 8.43. The predicted molar refractivity (Wildman–Crippen MR) is 81.5 cm³/mol. The Morgan fingerprint density at radius 1 is 1.32 bits per heavy atom. The number of amides is 1. The molecule has 0 heterocycles. The van der Waals surface area contributed by atoms with Gasteiger partial charge in [0.2, 0.25) is 0 Å². The SMILES string of the molecule is Cc1cc(O)cc(C(=O)NCC(O)c2ccc(Cl)c(F)c2)c1. The fraction of sp³-hybridized carbons (Fsp3) is 0.188. The van der Waals surface area contributed by atoms with Gasteiger partial charge in [0, 0.05) is 12.1 Å². The molecule has 0 saturated heterocycles. The van der Waals surface area contributed by atoms with Gasteiger partial charge in [-0.25, -0.2) is 4.39 Å². The molecule has 1 unspecified atom stereocenters. The van der Waals surface area contributed by atoms with Gasteiger partial charge in [0.05, 0.1) is 11.1 Å². The third kappa shape index (κ3) is 3.96. The second-order valence-corrected chi connectivity index (χ2v) is 5.36. The van der Waals surface area contributed by atoms with E-state index in [-0.39, 0.29) is 22.9 Å². The molecular weight excluding hydrogens is 309 g/mol. The van der Waals surface area contributed by atoms with Gasteiger partial charge in [-0.2, -0.15) is 0 Å². The minimum absolute atomic E-state index is 0.00882. The van der Waals surface area contributed by atoms with E-state index < -0.39 is 17.8 Å². The van der Waals surface area contributed by atoms with Crippen molar-refractivity contribution in [3.63, 3.8) is 0 Å². The fourth-order valence-electron chi connectivity index (χ4n) is 2.02. The highest BCUT2D eigenvalue weighted by atomic mass is 35.5. The molecule has 0 aliphatic heterocycles. The molecule has 0 radical (unpaired) electrons. The molecule has 6 heteroatoms. The average molecular weight is 324 g/mol. The van der Waals surface area contributed by atoms with E-state index in [0.29, 0.717) is 5.56 Å². The predicted octanol–water partition coefficient (Wildman–Crippen LogP) is 2.96. The second kappa shape index (κ2) is 6.77. The Bertz CT molecular complexity index is 686. The van der Waals surface area contributed by atoms with E-state index >= 15 is 0 Å². The van der Waals surface area contributed by atoms with Crippen LogP contribution in [-0.4, -0.2) is 22.7 Å². The van der Waals surface area contributed by atoms with Gasteiger partial charge in [0.25, 0.3) is 5.91 Å². The van der Waals surface area contributed by atoms with Crippen molar-refractivity contribution in [1.29, 1.82) is 0 Å². The molecule has 0 spiro atoms. The number of phenolic OH excluding ortho intramolecular Hbond substituents is 1. The van der Waals surface area contributed by atoms with Crippen LogP contribution < -0.4 is 5.32 Å². The number of halogens is 2. The second-order valence-electron chi connectivity index (χ2n) is 4.96. The van der Waals surface area contributed by atoms with Crippen molar-refractivity contribution in [2.45, 2.75) is 13.0 Å². The zero-order valence-electron chi connectivity index (χ0n) is 11.8. The third-order valence-corrected chi connectivity index (χ3v) is 3.42. The standard InChI is InChI=1S/C16H15ClFNO3/c1-9-4-11(6-12(20)5-9)16(22)19-8-15(21)10-2-3-13(17)14(18)7-10/h2-7,15,20-21H,8H2,1H3,(H,19,22). The van der Waals surface area contributed by atoms with Crippen molar-refractivity contribution < 1.29 is 19.4 Å². The largest absolute Gasteiger partial charge is 0.508 e. The van der Waals surface area contributed by atoms with E-state index in [0.717, 1.165) is 11.6 Å². The zero-order chi connectivity index (χ0) is 16.3. The molecule has 1 atom stereocenters. The van der Waals surface area contributed by atoms with Crippen LogP contribution in [-0.2, 0) is 0 Å². The lowest BCUT2D eigenvalue weighted by atomic mass is 10.1. The topological polar surface area (TPSA) is 69.6 Å². The van der Waals surface area contributed by atoms with Gasteiger partial charge in [0.15, 0.2) is 0 Å². The highest BCUT2D eigenvalue weighted by Gasteiger charge is 2.13. The fourth-order valence-corrected chi connectivity index (χ4v) is 2.14. The van der Waals surface area contributed by atoms with Gasteiger partial charge in [0.1, 0.15) is 11.6 Å². The highest BCUT2D eigenvalue weighted by Crippen LogP contribution is 2.20. The van der Waals surface area contributed by atoms with Crippen LogP contribution in [0.5, 0.6) is 5.75 Å². The monoisotopic (exact) mass is 323 g/mol. The number of rotatable bonds is 4. The Kier molecular flexibility index (Phi) is 5.00. The molecule has 1 amide bonds. The lowest BCUT2D eigenvalue weighted by Gasteiger charge is -2.13. The Balaban J connectivity index is 2.02. The summed E-state index contributed by atoms with van der Waals surface area (Å²) in [6.07, 6.45) is -1.06. The van der Waals surface area contributed by atoms with Crippen LogP contribution >= 0.6 is 11.6 Å². The van der Waals surface area contributed by atoms with E-state index in [1.54, 1.807) is 13.0 Å². The Morgan fingerprint density at radius 2 is 2.05 bits per heavy atom. The molecule has 4 nitrogen and oxygen atoms in total. The maximum absolute atomic E-state index is 13.3. The summed E-state index contributed by atoms with van der Waals surface area (Å²) >= 11 is 5.57. The lowest BCUT2D eigenvalue weighted by molar-refractivity contribution is 0.0915. The molecule has 2 aromatic rings. The smallest absolute Gasteiger partial charge is 0.251 e. The summed E-state index contributed by atoms with van der Waals surface area (Å²) in [5.74, 6) is -1.08. The average Bonchev–Trinajstić information content (AvgIpc) is 2.46. The van der Waals surface area contributed by atoms with E-state index in [2.05, 4.69) is 5.32 Å². The Labute approximate surface area is 132 Å². The molecule has 2 aromatic carbocycles. The van der Waals surface area contributed by atoms with E-state index in [1.165, 1.54) is 24.3 Å². The molecule has 3 N–H and O–H groups in total. The number of phenols is 1. The Hall–Kier alpha value is -2.11. The highest BCUT2D eigenvalue weighted by molar-refractivity contribution is 6.30. The minimum atomic E-state index is -1.06. The first-order valence-corrected chi connectivity index (χ1v) is 6.96. The molecule has 0 bridgehead atoms. The molecular formula is C16H15ClFNO3. The number of nitrogens with one attached hydrogen (secondary N) is 1. The third-order valence-electron chi connectivity index (χ3n) is 3.11. The van der Waals surface area contributed by atoms with Crippen molar-refractivity contribution >= 4 is 17.5 Å². The maximum atomic E-state index is 13.3. The quantitative estimate of drug-likeness (QED) is 0.810. The Morgan fingerprint density at radius 3 is 2.68 bits per heavy atom. The summed E-state index contributed by atoms with van der Waals surface area (Å²) in [4.78, 5) is 12.0. The van der Waals surface area contributed by atoms with Gasteiger partial charge in [-0.15, -0.1) is 0 Å². The van der Waals surface area contributed by atoms with Gasteiger partial charge in [-0.3, -0.25) is 4.79 Å². The van der Waals surface area contributed by atoms with Crippen molar-refractivity contribution in [3.8, 4) is 5.75 Å². The number of aliphatic hydroxyl groups excluding tert-OH is 1. The summed E-state index contributed by atoms with van der Waals surface area (Å²) in [5.41, 5.74) is 1.34. The summed E-state index contributed by atoms with van der Waals surface area (Å²) in [5, 5.41) is 21.9. The lowest BCUT2D eigenvalue weighted by Crippen LogP contribution is -2.28. The van der Waals surface area contributed by atoms with E-state index in [1.807, 2.05) is 0 Å². The zero-order valence-corrected chi connectivity index (χ0v) is 12.6. The van der Waals surface area contributed by atoms with Gasteiger partial charge < -0.3 is 15.5 Å². The molecule has 0 aromatic heterocycles. The molecule has 0 aliphatic rings. The molecule has 22 heavy (non-hydrogen) atoms. The van der Waals surface area contributed by atoms with Crippen molar-refractivity contribution in [2.24, 2.45) is 0 Å². The maximum Gasteiger partial charge on any atom is 0.251 e. The van der Waals surface area contributed by atoms with Crippen molar-refractivity contribution in [3.05, 3.63) is 63.9 Å². The van der Waals surface area contributed by atoms with Crippen LogP contribution in [0, 0.1) is 12.7 Å². The summed E-state index contributed by atoms with van der Waals surface area (Å²) < 4.78 is 13.3. The van der Waals surface area contributed by atoms with Gasteiger partial charge in [-0.05, 0) is 48.4 Å². The first kappa shape index (κ1) is 16.3. The first-order valence-electron chi connectivity index (χ1n) is 6.58. The summed E-state index contributed by atoms with van der Waals surface area (Å²) in [7, 11) is 0. The van der Waals surface area contributed by atoms with Crippen molar-refractivity contribution in [1.82, 2.24) is 5.32 Å². The number of carbonyl (C=O) groups excluding carboxylic acids is 1. The van der Waals surface area contributed by atoms with E-state index in [4.69, 9.17) is 11.6 Å². The van der Waals surface area contributed by atoms with Crippen LogP contribution in [0.4, 0.5) is 4.39 Å². The molecule has 116 valence electrons. The molecule has 0 aliphatic carbocycles.